The zero-order valence-corrected chi connectivity index (χ0v) is 14.6. The van der Waals surface area contributed by atoms with Gasteiger partial charge in [0.1, 0.15) is 0 Å². The van der Waals surface area contributed by atoms with Gasteiger partial charge in [-0.25, -0.2) is 0 Å². The molecule has 0 aliphatic carbocycles. The van der Waals surface area contributed by atoms with Crippen LogP contribution < -0.4 is 10.6 Å². The molecule has 1 aliphatic rings. The monoisotopic (exact) mass is 346 g/mol. The lowest BCUT2D eigenvalue weighted by Gasteiger charge is -2.28. The average Bonchev–Trinajstić information content (AvgIpc) is 2.47. The van der Waals surface area contributed by atoms with E-state index in [-0.39, 0.29) is 29.8 Å². The van der Waals surface area contributed by atoms with Crippen LogP contribution in [-0.4, -0.2) is 38.3 Å². The maximum absolute atomic E-state index is 12.0. The molecule has 0 spiro atoms. The maximum Gasteiger partial charge on any atom is 0.221 e. The van der Waals surface area contributed by atoms with E-state index < -0.39 is 0 Å². The lowest BCUT2D eigenvalue weighted by atomic mass is 9.84. The summed E-state index contributed by atoms with van der Waals surface area (Å²) in [7, 11) is 0. The molecule has 0 bridgehead atoms. The average molecular weight is 347 g/mol. The molecule has 1 atom stereocenters. The van der Waals surface area contributed by atoms with E-state index in [1.807, 2.05) is 24.3 Å². The van der Waals surface area contributed by atoms with Gasteiger partial charge in [-0.1, -0.05) is 43.6 Å². The minimum atomic E-state index is -0.204. The summed E-state index contributed by atoms with van der Waals surface area (Å²) in [5.41, 5.74) is 0.843. The molecule has 1 aliphatic heterocycles. The van der Waals surface area contributed by atoms with Crippen molar-refractivity contribution >= 4 is 29.9 Å². The summed E-state index contributed by atoms with van der Waals surface area (Å²) in [6.07, 6.45) is 0.443. The minimum Gasteiger partial charge on any atom is -0.378 e. The molecule has 1 fully saturated rings. The Kier molecular flexibility index (Phi) is 7.63. The number of benzene rings is 1. The standard InChI is InChI=1S/C16H23ClN2O2.ClH/c1-16(2,13-5-3-4-6-14(13)17)11-19-15(20)9-12-10-21-8-7-18-12;/h3-6,12,18H,7-11H2,1-2H3,(H,19,20);1H. The third-order valence-electron chi connectivity index (χ3n) is 3.76. The van der Waals surface area contributed by atoms with E-state index in [1.54, 1.807) is 0 Å². The highest BCUT2D eigenvalue weighted by atomic mass is 35.5. The van der Waals surface area contributed by atoms with Gasteiger partial charge in [0.15, 0.2) is 0 Å². The number of halogens is 2. The first kappa shape index (κ1) is 19.2. The summed E-state index contributed by atoms with van der Waals surface area (Å²) in [4.78, 5) is 12.0. The van der Waals surface area contributed by atoms with E-state index >= 15 is 0 Å². The Morgan fingerprint density at radius 1 is 1.45 bits per heavy atom. The molecule has 0 radical (unpaired) electrons. The summed E-state index contributed by atoms with van der Waals surface area (Å²) in [5, 5.41) is 7.02. The van der Waals surface area contributed by atoms with E-state index in [0.717, 1.165) is 23.7 Å². The van der Waals surface area contributed by atoms with Gasteiger partial charge >= 0.3 is 0 Å². The van der Waals surface area contributed by atoms with E-state index in [9.17, 15) is 4.79 Å². The lowest BCUT2D eigenvalue weighted by Crippen LogP contribution is -2.45. The van der Waals surface area contributed by atoms with Crippen LogP contribution in [0.5, 0.6) is 0 Å². The predicted molar refractivity (Wildman–Crippen MR) is 92.0 cm³/mol. The zero-order chi connectivity index (χ0) is 15.3. The van der Waals surface area contributed by atoms with Crippen molar-refractivity contribution in [3.05, 3.63) is 34.9 Å². The Morgan fingerprint density at radius 2 is 2.18 bits per heavy atom. The summed E-state index contributed by atoms with van der Waals surface area (Å²) >= 11 is 6.24. The van der Waals surface area contributed by atoms with Gasteiger partial charge in [0.05, 0.1) is 13.2 Å². The van der Waals surface area contributed by atoms with Crippen molar-refractivity contribution in [2.24, 2.45) is 0 Å². The van der Waals surface area contributed by atoms with Gasteiger partial charge in [-0.3, -0.25) is 4.79 Å². The van der Waals surface area contributed by atoms with Crippen LogP contribution in [0.4, 0.5) is 0 Å². The number of carbonyl (C=O) groups excluding carboxylic acids is 1. The van der Waals surface area contributed by atoms with Crippen LogP contribution in [0.25, 0.3) is 0 Å². The second-order valence-electron chi connectivity index (χ2n) is 6.07. The van der Waals surface area contributed by atoms with Crippen LogP contribution in [0.2, 0.25) is 5.02 Å². The van der Waals surface area contributed by atoms with Crippen molar-refractivity contribution in [3.63, 3.8) is 0 Å². The number of hydrogen-bond donors (Lipinski definition) is 2. The molecule has 1 saturated heterocycles. The molecular formula is C16H24Cl2N2O2. The summed E-state index contributed by atoms with van der Waals surface area (Å²) in [6.45, 7) is 6.85. The number of amides is 1. The summed E-state index contributed by atoms with van der Waals surface area (Å²) in [6, 6.07) is 7.88. The molecule has 2 N–H and O–H groups in total. The fourth-order valence-corrected chi connectivity index (χ4v) is 2.86. The molecule has 22 heavy (non-hydrogen) atoms. The molecule has 1 heterocycles. The van der Waals surface area contributed by atoms with E-state index in [0.29, 0.717) is 19.6 Å². The highest BCUT2D eigenvalue weighted by Gasteiger charge is 2.24. The van der Waals surface area contributed by atoms with Gasteiger partial charge in [0.2, 0.25) is 5.91 Å². The highest BCUT2D eigenvalue weighted by molar-refractivity contribution is 6.31. The van der Waals surface area contributed by atoms with Gasteiger partial charge < -0.3 is 15.4 Å². The Bertz CT molecular complexity index is 489. The van der Waals surface area contributed by atoms with Gasteiger partial charge in [0, 0.05) is 36.0 Å². The fourth-order valence-electron chi connectivity index (χ4n) is 2.47. The molecule has 2 rings (SSSR count). The quantitative estimate of drug-likeness (QED) is 0.861. The van der Waals surface area contributed by atoms with Crippen LogP contribution in [0.3, 0.4) is 0 Å². The third kappa shape index (κ3) is 5.43. The van der Waals surface area contributed by atoms with Crippen molar-refractivity contribution in [3.8, 4) is 0 Å². The first-order valence-electron chi connectivity index (χ1n) is 7.32. The van der Waals surface area contributed by atoms with Crippen LogP contribution in [0.15, 0.2) is 24.3 Å². The van der Waals surface area contributed by atoms with E-state index in [2.05, 4.69) is 24.5 Å². The van der Waals surface area contributed by atoms with Crippen LogP contribution in [0, 0.1) is 0 Å². The molecule has 0 saturated carbocycles. The number of morpholine rings is 1. The molecule has 6 heteroatoms. The second-order valence-corrected chi connectivity index (χ2v) is 6.48. The molecule has 1 unspecified atom stereocenters. The SMILES string of the molecule is CC(C)(CNC(=O)CC1COCCN1)c1ccccc1Cl.Cl. The van der Waals surface area contributed by atoms with Gasteiger partial charge in [-0.05, 0) is 11.6 Å². The Labute approximate surface area is 143 Å². The fraction of sp³-hybridized carbons (Fsp3) is 0.562. The third-order valence-corrected chi connectivity index (χ3v) is 4.09. The van der Waals surface area contributed by atoms with Crippen molar-refractivity contribution < 1.29 is 9.53 Å². The zero-order valence-electron chi connectivity index (χ0n) is 13.0. The number of ether oxygens (including phenoxy) is 1. The molecular weight excluding hydrogens is 323 g/mol. The molecule has 0 aromatic heterocycles. The van der Waals surface area contributed by atoms with Crippen molar-refractivity contribution in [2.75, 3.05) is 26.3 Å². The summed E-state index contributed by atoms with van der Waals surface area (Å²) < 4.78 is 5.35. The van der Waals surface area contributed by atoms with E-state index in [1.165, 1.54) is 0 Å². The first-order valence-corrected chi connectivity index (χ1v) is 7.70. The second kappa shape index (κ2) is 8.73. The molecule has 1 amide bonds. The first-order chi connectivity index (χ1) is 9.99. The lowest BCUT2D eigenvalue weighted by molar-refractivity contribution is -0.122. The minimum absolute atomic E-state index is 0. The van der Waals surface area contributed by atoms with Crippen molar-refractivity contribution in [1.82, 2.24) is 10.6 Å². The molecule has 124 valence electrons. The van der Waals surface area contributed by atoms with E-state index in [4.69, 9.17) is 16.3 Å². The van der Waals surface area contributed by atoms with Crippen molar-refractivity contribution in [1.29, 1.82) is 0 Å². The molecule has 1 aromatic rings. The van der Waals surface area contributed by atoms with Gasteiger partial charge in [0.25, 0.3) is 0 Å². The van der Waals surface area contributed by atoms with Crippen LogP contribution >= 0.6 is 24.0 Å². The van der Waals surface area contributed by atoms with Crippen LogP contribution in [0.1, 0.15) is 25.8 Å². The number of nitrogens with one attached hydrogen (secondary N) is 2. The Morgan fingerprint density at radius 3 is 2.82 bits per heavy atom. The molecule has 1 aromatic carbocycles. The Hall–Kier alpha value is -0.810. The molecule has 4 nitrogen and oxygen atoms in total. The number of carbonyl (C=O) groups is 1. The summed E-state index contributed by atoms with van der Waals surface area (Å²) in [5.74, 6) is 0.0399. The number of hydrogen-bond acceptors (Lipinski definition) is 3. The Balaban J connectivity index is 0.00000242. The topological polar surface area (TPSA) is 50.4 Å². The van der Waals surface area contributed by atoms with Crippen molar-refractivity contribution in [2.45, 2.75) is 31.7 Å². The normalized spacial score (nSPS) is 18.4. The predicted octanol–water partition coefficient (Wildman–Crippen LogP) is 2.53. The smallest absolute Gasteiger partial charge is 0.221 e. The van der Waals surface area contributed by atoms with Gasteiger partial charge in [-0.2, -0.15) is 0 Å². The maximum atomic E-state index is 12.0. The van der Waals surface area contributed by atoms with Crippen LogP contribution in [-0.2, 0) is 14.9 Å². The number of rotatable bonds is 5. The van der Waals surface area contributed by atoms with Gasteiger partial charge in [-0.15, -0.1) is 12.4 Å². The largest absolute Gasteiger partial charge is 0.378 e. The highest BCUT2D eigenvalue weighted by Crippen LogP contribution is 2.28.